The highest BCUT2D eigenvalue weighted by atomic mass is 35.5. The third-order valence-electron chi connectivity index (χ3n) is 2.82. The van der Waals surface area contributed by atoms with Gasteiger partial charge in [-0.2, -0.15) is 0 Å². The van der Waals surface area contributed by atoms with Crippen molar-refractivity contribution in [2.75, 3.05) is 5.88 Å². The fourth-order valence-electron chi connectivity index (χ4n) is 1.79. The van der Waals surface area contributed by atoms with Crippen LogP contribution in [0.15, 0.2) is 36.4 Å². The molecule has 2 aromatic carbocycles. The molecule has 4 heteroatoms. The lowest BCUT2D eigenvalue weighted by molar-refractivity contribution is 0.305. The summed E-state index contributed by atoms with van der Waals surface area (Å²) in [5, 5.41) is 1.19. The zero-order chi connectivity index (χ0) is 15.2. The normalized spacial score (nSPS) is 9.90. The summed E-state index contributed by atoms with van der Waals surface area (Å²) in [4.78, 5) is 0. The number of benzene rings is 2. The van der Waals surface area contributed by atoms with Gasteiger partial charge in [0.2, 0.25) is 0 Å². The van der Waals surface area contributed by atoms with E-state index in [1.54, 1.807) is 12.1 Å². The van der Waals surface area contributed by atoms with Crippen LogP contribution in [0.25, 0.3) is 0 Å². The van der Waals surface area contributed by atoms with Crippen LogP contribution in [0, 0.1) is 18.8 Å². The van der Waals surface area contributed by atoms with Crippen molar-refractivity contribution in [3.8, 4) is 17.6 Å². The SMILES string of the molecule is Cc1ccc(OCc2ccc(Cl)cc2Cl)c(C#CCCl)c1. The maximum atomic E-state index is 6.13. The highest BCUT2D eigenvalue weighted by Gasteiger charge is 2.05. The van der Waals surface area contributed by atoms with Gasteiger partial charge in [-0.1, -0.05) is 47.2 Å². The fraction of sp³-hybridized carbons (Fsp3) is 0.176. The third kappa shape index (κ3) is 4.58. The first kappa shape index (κ1) is 16.0. The Hall–Kier alpha value is -1.33. The van der Waals surface area contributed by atoms with Crippen molar-refractivity contribution in [3.05, 3.63) is 63.1 Å². The van der Waals surface area contributed by atoms with Gasteiger partial charge in [0.25, 0.3) is 0 Å². The van der Waals surface area contributed by atoms with E-state index in [1.165, 1.54) is 0 Å². The summed E-state index contributed by atoms with van der Waals surface area (Å²) in [6.07, 6.45) is 0. The van der Waals surface area contributed by atoms with Gasteiger partial charge in [0, 0.05) is 15.6 Å². The third-order valence-corrected chi connectivity index (χ3v) is 3.54. The largest absolute Gasteiger partial charge is 0.488 e. The molecule has 0 N–H and O–H groups in total. The summed E-state index contributed by atoms with van der Waals surface area (Å²) < 4.78 is 5.82. The van der Waals surface area contributed by atoms with Crippen molar-refractivity contribution in [2.45, 2.75) is 13.5 Å². The number of hydrogen-bond acceptors (Lipinski definition) is 1. The minimum absolute atomic E-state index is 0.288. The van der Waals surface area contributed by atoms with Crippen LogP contribution in [0.5, 0.6) is 5.75 Å². The van der Waals surface area contributed by atoms with E-state index < -0.39 is 0 Å². The van der Waals surface area contributed by atoms with Crippen LogP contribution >= 0.6 is 34.8 Å². The Kier molecular flexibility index (Phi) is 5.82. The Morgan fingerprint density at radius 3 is 2.62 bits per heavy atom. The van der Waals surface area contributed by atoms with E-state index in [0.717, 1.165) is 16.7 Å². The predicted molar refractivity (Wildman–Crippen MR) is 89.6 cm³/mol. The average molecular weight is 340 g/mol. The molecule has 0 bridgehead atoms. The second kappa shape index (κ2) is 7.61. The van der Waals surface area contributed by atoms with Crippen LogP contribution in [0.4, 0.5) is 0 Å². The Balaban J connectivity index is 2.19. The molecule has 0 amide bonds. The average Bonchev–Trinajstić information content (AvgIpc) is 2.45. The molecule has 108 valence electrons. The summed E-state index contributed by atoms with van der Waals surface area (Å²) in [6, 6.07) is 11.2. The number of ether oxygens (including phenoxy) is 1. The molecule has 0 aliphatic rings. The lowest BCUT2D eigenvalue weighted by atomic mass is 10.1. The summed E-state index contributed by atoms with van der Waals surface area (Å²) in [6.45, 7) is 2.36. The van der Waals surface area contributed by atoms with E-state index in [-0.39, 0.29) is 5.88 Å². The summed E-state index contributed by atoms with van der Waals surface area (Å²) in [5.74, 6) is 6.84. The van der Waals surface area contributed by atoms with Crippen molar-refractivity contribution >= 4 is 34.8 Å². The van der Waals surface area contributed by atoms with Crippen molar-refractivity contribution in [3.63, 3.8) is 0 Å². The number of aryl methyl sites for hydroxylation is 1. The molecule has 0 aliphatic heterocycles. The first-order valence-corrected chi connectivity index (χ1v) is 7.61. The van der Waals surface area contributed by atoms with E-state index >= 15 is 0 Å². The molecule has 0 aromatic heterocycles. The topological polar surface area (TPSA) is 9.23 Å². The van der Waals surface area contributed by atoms with Crippen molar-refractivity contribution in [2.24, 2.45) is 0 Å². The molecular weight excluding hydrogens is 327 g/mol. The highest BCUT2D eigenvalue weighted by Crippen LogP contribution is 2.24. The monoisotopic (exact) mass is 338 g/mol. The van der Waals surface area contributed by atoms with Crippen LogP contribution in [-0.2, 0) is 6.61 Å². The van der Waals surface area contributed by atoms with Gasteiger partial charge in [0.05, 0.1) is 11.4 Å². The Morgan fingerprint density at radius 2 is 1.90 bits per heavy atom. The molecule has 0 heterocycles. The zero-order valence-electron chi connectivity index (χ0n) is 11.4. The molecule has 0 unspecified atom stereocenters. The number of halogens is 3. The van der Waals surface area contributed by atoms with Crippen LogP contribution in [-0.4, -0.2) is 5.88 Å². The second-order valence-corrected chi connectivity index (χ2v) is 5.57. The molecule has 0 aliphatic carbocycles. The van der Waals surface area contributed by atoms with Crippen molar-refractivity contribution in [1.82, 2.24) is 0 Å². The molecule has 0 atom stereocenters. The molecule has 1 nitrogen and oxygen atoms in total. The van der Waals surface area contributed by atoms with E-state index in [0.29, 0.717) is 22.4 Å². The van der Waals surface area contributed by atoms with E-state index in [9.17, 15) is 0 Å². The summed E-state index contributed by atoms with van der Waals surface area (Å²) >= 11 is 17.6. The lowest BCUT2D eigenvalue weighted by Crippen LogP contribution is -1.98. The maximum Gasteiger partial charge on any atom is 0.135 e. The Bertz CT molecular complexity index is 699. The fourth-order valence-corrected chi connectivity index (χ4v) is 2.32. The highest BCUT2D eigenvalue weighted by molar-refractivity contribution is 6.35. The number of hydrogen-bond donors (Lipinski definition) is 0. The summed E-state index contributed by atoms with van der Waals surface area (Å²) in [7, 11) is 0. The molecule has 0 spiro atoms. The van der Waals surface area contributed by atoms with Crippen molar-refractivity contribution in [1.29, 1.82) is 0 Å². The first-order chi connectivity index (χ1) is 10.1. The summed E-state index contributed by atoms with van der Waals surface area (Å²) in [5.41, 5.74) is 2.81. The molecule has 2 rings (SSSR count). The van der Waals surface area contributed by atoms with Gasteiger partial charge in [-0.25, -0.2) is 0 Å². The standard InChI is InChI=1S/C17H13Cl3O/c1-12-4-7-17(13(9-12)3-2-8-18)21-11-14-5-6-15(19)10-16(14)20/h4-7,9-10H,8,11H2,1H3. The molecule has 2 aromatic rings. The predicted octanol–water partition coefficient (Wildman–Crippen LogP) is 5.47. The van der Waals surface area contributed by atoms with Crippen LogP contribution < -0.4 is 4.74 Å². The molecular formula is C17H13Cl3O. The molecule has 0 saturated carbocycles. The van der Waals surface area contributed by atoms with E-state index in [2.05, 4.69) is 11.8 Å². The quantitative estimate of drug-likeness (QED) is 0.532. The van der Waals surface area contributed by atoms with Gasteiger partial charge in [-0.15, -0.1) is 11.6 Å². The van der Waals surface area contributed by atoms with Crippen molar-refractivity contribution < 1.29 is 4.74 Å². The van der Waals surface area contributed by atoms with E-state index in [4.69, 9.17) is 39.5 Å². The van der Waals surface area contributed by atoms with Gasteiger partial charge in [-0.05, 0) is 36.8 Å². The van der Waals surface area contributed by atoms with Crippen LogP contribution in [0.1, 0.15) is 16.7 Å². The maximum absolute atomic E-state index is 6.13. The number of alkyl halides is 1. The molecule has 0 radical (unpaired) electrons. The minimum atomic E-state index is 0.288. The smallest absolute Gasteiger partial charge is 0.135 e. The van der Waals surface area contributed by atoms with Gasteiger partial charge in [-0.3, -0.25) is 0 Å². The minimum Gasteiger partial charge on any atom is -0.488 e. The Morgan fingerprint density at radius 1 is 1.10 bits per heavy atom. The van der Waals surface area contributed by atoms with Gasteiger partial charge in [0.15, 0.2) is 0 Å². The molecule has 21 heavy (non-hydrogen) atoms. The van der Waals surface area contributed by atoms with Gasteiger partial charge in [0.1, 0.15) is 12.4 Å². The van der Waals surface area contributed by atoms with Gasteiger partial charge >= 0.3 is 0 Å². The lowest BCUT2D eigenvalue weighted by Gasteiger charge is -2.10. The van der Waals surface area contributed by atoms with Crippen LogP contribution in [0.2, 0.25) is 10.0 Å². The molecule has 0 saturated heterocycles. The van der Waals surface area contributed by atoms with Crippen LogP contribution in [0.3, 0.4) is 0 Å². The van der Waals surface area contributed by atoms with E-state index in [1.807, 2.05) is 31.2 Å². The zero-order valence-corrected chi connectivity index (χ0v) is 13.7. The Labute approximate surface area is 139 Å². The molecule has 0 fully saturated rings. The second-order valence-electron chi connectivity index (χ2n) is 4.46. The number of rotatable bonds is 3. The first-order valence-electron chi connectivity index (χ1n) is 6.32. The van der Waals surface area contributed by atoms with Gasteiger partial charge < -0.3 is 4.74 Å².